The molecule has 160 valence electrons. The highest BCUT2D eigenvalue weighted by atomic mass is 19.4. The first-order chi connectivity index (χ1) is 14.3. The predicted octanol–water partition coefficient (Wildman–Crippen LogP) is 3.43. The number of rotatable bonds is 4. The van der Waals surface area contributed by atoms with Gasteiger partial charge < -0.3 is 19.7 Å². The van der Waals surface area contributed by atoms with Crippen LogP contribution < -0.4 is 14.8 Å². The molecule has 2 aliphatic rings. The number of piperazine rings is 1. The van der Waals surface area contributed by atoms with Crippen molar-refractivity contribution in [2.24, 2.45) is 0 Å². The summed E-state index contributed by atoms with van der Waals surface area (Å²) in [7, 11) is 2.00. The monoisotopic (exact) mass is 421 g/mol. The molecule has 30 heavy (non-hydrogen) atoms. The number of carbonyl (C=O) groups is 1. The number of benzene rings is 2. The molecule has 0 aromatic heterocycles. The van der Waals surface area contributed by atoms with Gasteiger partial charge in [0.05, 0.1) is 5.56 Å². The number of fused-ring (bicyclic) bond motifs is 1. The number of hydrogen-bond donors (Lipinski definition) is 1. The maximum Gasteiger partial charge on any atom is 0.416 e. The van der Waals surface area contributed by atoms with E-state index in [1.807, 2.05) is 11.9 Å². The van der Waals surface area contributed by atoms with Gasteiger partial charge in [0.2, 0.25) is 6.79 Å². The number of nitrogens with zero attached hydrogens (tertiary/aromatic N) is 2. The third kappa shape index (κ3) is 4.52. The van der Waals surface area contributed by atoms with Crippen LogP contribution in [0.2, 0.25) is 0 Å². The van der Waals surface area contributed by atoms with Gasteiger partial charge in [0.1, 0.15) is 0 Å². The summed E-state index contributed by atoms with van der Waals surface area (Å²) >= 11 is 0. The third-order valence-electron chi connectivity index (χ3n) is 5.30. The molecule has 1 saturated heterocycles. The van der Waals surface area contributed by atoms with Crippen molar-refractivity contribution in [3.63, 3.8) is 0 Å². The second kappa shape index (κ2) is 8.16. The zero-order chi connectivity index (χ0) is 21.3. The molecular formula is C21H22F3N3O3. The molecule has 1 fully saturated rings. The van der Waals surface area contributed by atoms with Crippen LogP contribution in [0.4, 0.5) is 18.9 Å². The molecule has 0 atom stereocenters. The van der Waals surface area contributed by atoms with Crippen molar-refractivity contribution in [3.8, 4) is 11.5 Å². The Kier molecular flexibility index (Phi) is 5.57. The Hall–Kier alpha value is -2.78. The lowest BCUT2D eigenvalue weighted by Gasteiger charge is -2.33. The van der Waals surface area contributed by atoms with Crippen molar-refractivity contribution in [2.75, 3.05) is 45.3 Å². The number of ether oxygens (including phenoxy) is 2. The summed E-state index contributed by atoms with van der Waals surface area (Å²) in [6.45, 7) is 3.38. The van der Waals surface area contributed by atoms with Crippen molar-refractivity contribution >= 4 is 11.6 Å². The zero-order valence-electron chi connectivity index (χ0n) is 16.5. The number of likely N-dealkylation sites (N-methyl/N-ethyl adjacent to an activating group) is 1. The second-order valence-electron chi connectivity index (χ2n) is 7.47. The van der Waals surface area contributed by atoms with Gasteiger partial charge in [0.15, 0.2) is 11.5 Å². The molecule has 4 rings (SSSR count). The molecule has 0 unspecified atom stereocenters. The topological polar surface area (TPSA) is 54.0 Å². The third-order valence-corrected chi connectivity index (χ3v) is 5.30. The minimum atomic E-state index is -4.51. The molecule has 0 aliphatic carbocycles. The average molecular weight is 421 g/mol. The highest BCUT2D eigenvalue weighted by Gasteiger charge is 2.34. The molecule has 2 aromatic rings. The molecule has 0 radical (unpaired) electrons. The van der Waals surface area contributed by atoms with E-state index in [0.29, 0.717) is 11.5 Å². The molecule has 6 nitrogen and oxygen atoms in total. The molecule has 2 heterocycles. The summed E-state index contributed by atoms with van der Waals surface area (Å²) in [6, 6.07) is 8.58. The van der Waals surface area contributed by atoms with E-state index in [0.717, 1.165) is 32.2 Å². The van der Waals surface area contributed by atoms with Crippen LogP contribution in [-0.4, -0.2) is 55.7 Å². The van der Waals surface area contributed by atoms with Gasteiger partial charge in [0, 0.05) is 44.0 Å². The number of amides is 1. The van der Waals surface area contributed by atoms with E-state index in [-0.39, 0.29) is 30.2 Å². The maximum atomic E-state index is 13.7. The lowest BCUT2D eigenvalue weighted by atomic mass is 10.0. The summed E-state index contributed by atoms with van der Waals surface area (Å²) in [5, 5.41) is 2.54. The summed E-state index contributed by atoms with van der Waals surface area (Å²) in [5.74, 6) is 0.438. The number of alkyl halides is 3. The minimum absolute atomic E-state index is 0.0735. The second-order valence-corrected chi connectivity index (χ2v) is 7.47. The number of anilines is 1. The molecule has 0 spiro atoms. The molecule has 0 bridgehead atoms. The van der Waals surface area contributed by atoms with Gasteiger partial charge in [-0.25, -0.2) is 0 Å². The first kappa shape index (κ1) is 20.5. The first-order valence-electron chi connectivity index (χ1n) is 9.61. The van der Waals surface area contributed by atoms with Gasteiger partial charge in [-0.15, -0.1) is 0 Å². The quantitative estimate of drug-likeness (QED) is 0.820. The van der Waals surface area contributed by atoms with Gasteiger partial charge in [-0.1, -0.05) is 6.07 Å². The van der Waals surface area contributed by atoms with Crippen LogP contribution in [0.5, 0.6) is 11.5 Å². The van der Waals surface area contributed by atoms with E-state index in [4.69, 9.17) is 9.47 Å². The van der Waals surface area contributed by atoms with Crippen LogP contribution in [0.3, 0.4) is 0 Å². The molecular weight excluding hydrogens is 399 g/mol. The average Bonchev–Trinajstić information content (AvgIpc) is 3.18. The fourth-order valence-corrected chi connectivity index (χ4v) is 3.54. The Morgan fingerprint density at radius 2 is 1.77 bits per heavy atom. The van der Waals surface area contributed by atoms with Crippen LogP contribution in [-0.2, 0) is 12.7 Å². The Labute approximate surface area is 172 Å². The molecule has 2 aliphatic heterocycles. The molecule has 1 N–H and O–H groups in total. The number of hydrogen-bond acceptors (Lipinski definition) is 5. The van der Waals surface area contributed by atoms with E-state index in [1.54, 1.807) is 6.07 Å². The summed E-state index contributed by atoms with van der Waals surface area (Å²) in [5.41, 5.74) is -0.167. The van der Waals surface area contributed by atoms with Crippen molar-refractivity contribution in [3.05, 3.63) is 53.1 Å². The predicted molar refractivity (Wildman–Crippen MR) is 105 cm³/mol. The number of nitrogens with one attached hydrogen (secondary N) is 1. The van der Waals surface area contributed by atoms with Crippen LogP contribution in [0, 0.1) is 0 Å². The minimum Gasteiger partial charge on any atom is -0.454 e. The van der Waals surface area contributed by atoms with Crippen LogP contribution in [0.15, 0.2) is 36.4 Å². The van der Waals surface area contributed by atoms with Gasteiger partial charge in [-0.3, -0.25) is 9.69 Å². The Morgan fingerprint density at radius 3 is 2.50 bits per heavy atom. The van der Waals surface area contributed by atoms with Crippen LogP contribution in [0.1, 0.15) is 21.5 Å². The molecule has 9 heteroatoms. The molecule has 2 aromatic carbocycles. The van der Waals surface area contributed by atoms with Crippen LogP contribution >= 0.6 is 0 Å². The van der Waals surface area contributed by atoms with E-state index < -0.39 is 17.6 Å². The fraction of sp³-hybridized carbons (Fsp3) is 0.381. The van der Waals surface area contributed by atoms with Gasteiger partial charge in [-0.2, -0.15) is 13.2 Å². The Bertz CT molecular complexity index is 941. The summed E-state index contributed by atoms with van der Waals surface area (Å²) in [6.07, 6.45) is -4.51. The van der Waals surface area contributed by atoms with Crippen molar-refractivity contribution in [1.82, 2.24) is 9.80 Å². The highest BCUT2D eigenvalue weighted by Crippen LogP contribution is 2.35. The van der Waals surface area contributed by atoms with Gasteiger partial charge >= 0.3 is 6.18 Å². The number of carbonyl (C=O) groups excluding carboxylic acids is 1. The van der Waals surface area contributed by atoms with E-state index in [1.165, 1.54) is 24.3 Å². The maximum absolute atomic E-state index is 13.7. The largest absolute Gasteiger partial charge is 0.454 e. The SMILES string of the molecule is CN1CCN(Cc2ccc(NC(=O)c3ccc4c(c3)OCO4)cc2C(F)(F)F)CC1. The zero-order valence-corrected chi connectivity index (χ0v) is 16.5. The fourth-order valence-electron chi connectivity index (χ4n) is 3.54. The first-order valence-corrected chi connectivity index (χ1v) is 9.61. The van der Waals surface area contributed by atoms with Crippen LogP contribution in [0.25, 0.3) is 0 Å². The standard InChI is InChI=1S/C21H22F3N3O3/c1-26-6-8-27(9-7-26)12-15-2-4-16(11-17(15)21(22,23)24)25-20(28)14-3-5-18-19(10-14)30-13-29-18/h2-5,10-11H,6-9,12-13H2,1H3,(H,25,28). The Morgan fingerprint density at radius 1 is 1.03 bits per heavy atom. The van der Waals surface area contributed by atoms with E-state index in [2.05, 4.69) is 10.2 Å². The molecule has 0 saturated carbocycles. The lowest BCUT2D eigenvalue weighted by molar-refractivity contribution is -0.138. The summed E-state index contributed by atoms with van der Waals surface area (Å²) in [4.78, 5) is 16.7. The normalized spacial score (nSPS) is 17.2. The lowest BCUT2D eigenvalue weighted by Crippen LogP contribution is -2.44. The van der Waals surface area contributed by atoms with E-state index in [9.17, 15) is 18.0 Å². The van der Waals surface area contributed by atoms with E-state index >= 15 is 0 Å². The highest BCUT2D eigenvalue weighted by molar-refractivity contribution is 6.04. The smallest absolute Gasteiger partial charge is 0.416 e. The summed E-state index contributed by atoms with van der Waals surface area (Å²) < 4.78 is 51.5. The van der Waals surface area contributed by atoms with Crippen molar-refractivity contribution < 1.29 is 27.4 Å². The van der Waals surface area contributed by atoms with Gasteiger partial charge in [-0.05, 0) is 42.9 Å². The van der Waals surface area contributed by atoms with Crippen molar-refractivity contribution in [2.45, 2.75) is 12.7 Å². The molecule has 1 amide bonds. The number of halogens is 3. The van der Waals surface area contributed by atoms with Crippen molar-refractivity contribution in [1.29, 1.82) is 0 Å². The Balaban J connectivity index is 1.52. The van der Waals surface area contributed by atoms with Gasteiger partial charge in [0.25, 0.3) is 5.91 Å².